The van der Waals surface area contributed by atoms with Crippen molar-refractivity contribution in [1.82, 2.24) is 5.32 Å². The molecule has 78 valence electrons. The molecule has 4 heteroatoms. The Morgan fingerprint density at radius 1 is 1.57 bits per heavy atom. The summed E-state index contributed by atoms with van der Waals surface area (Å²) in [7, 11) is 1.32. The van der Waals surface area contributed by atoms with Crippen molar-refractivity contribution < 1.29 is 14.3 Å². The molecule has 0 saturated carbocycles. The molecule has 0 spiro atoms. The Labute approximate surface area is 83.3 Å². The molecule has 0 aromatic heterocycles. The minimum Gasteiger partial charge on any atom is -0.438 e. The van der Waals surface area contributed by atoms with Gasteiger partial charge < -0.3 is 9.47 Å². The number of allylic oxidation sites excluding steroid dienone is 1. The van der Waals surface area contributed by atoms with Gasteiger partial charge in [0.15, 0.2) is 6.23 Å². The highest BCUT2D eigenvalue weighted by atomic mass is 16.7. The summed E-state index contributed by atoms with van der Waals surface area (Å²) >= 11 is 0. The maximum atomic E-state index is 10.9. The van der Waals surface area contributed by atoms with E-state index in [2.05, 4.69) is 22.2 Å². The highest BCUT2D eigenvalue weighted by Gasteiger charge is 2.35. The minimum absolute atomic E-state index is 0.180. The summed E-state index contributed by atoms with van der Waals surface area (Å²) in [6.45, 7) is 0. The second-order valence-electron chi connectivity index (χ2n) is 3.75. The molecule has 1 fully saturated rings. The van der Waals surface area contributed by atoms with Gasteiger partial charge in [-0.2, -0.15) is 0 Å². The molecule has 4 nitrogen and oxygen atoms in total. The van der Waals surface area contributed by atoms with Gasteiger partial charge in [0, 0.05) is 12.5 Å². The summed E-state index contributed by atoms with van der Waals surface area (Å²) in [4.78, 5) is 10.9. The molecule has 1 aliphatic heterocycles. The number of nitrogens with one attached hydrogen (secondary N) is 1. The summed E-state index contributed by atoms with van der Waals surface area (Å²) < 4.78 is 9.49. The molecule has 0 bridgehead atoms. The number of carbonyl (C=O) groups is 1. The Balaban J connectivity index is 1.88. The lowest BCUT2D eigenvalue weighted by Crippen LogP contribution is -2.33. The van der Waals surface area contributed by atoms with Crippen LogP contribution in [0.3, 0.4) is 0 Å². The van der Waals surface area contributed by atoms with Gasteiger partial charge in [-0.1, -0.05) is 12.2 Å². The fraction of sp³-hybridized carbons (Fsp3) is 0.700. The van der Waals surface area contributed by atoms with Crippen LogP contribution in [-0.2, 0) is 9.47 Å². The van der Waals surface area contributed by atoms with Gasteiger partial charge in [-0.05, 0) is 18.8 Å². The molecule has 2 rings (SSSR count). The van der Waals surface area contributed by atoms with Crippen LogP contribution in [0.15, 0.2) is 12.2 Å². The van der Waals surface area contributed by atoms with Crippen molar-refractivity contribution in [3.8, 4) is 0 Å². The second kappa shape index (κ2) is 4.00. The van der Waals surface area contributed by atoms with Crippen LogP contribution in [0, 0.1) is 5.92 Å². The molecular weight excluding hydrogens is 182 g/mol. The van der Waals surface area contributed by atoms with Crippen molar-refractivity contribution in [1.29, 1.82) is 0 Å². The zero-order valence-corrected chi connectivity index (χ0v) is 8.23. The van der Waals surface area contributed by atoms with Gasteiger partial charge in [0.25, 0.3) is 0 Å². The van der Waals surface area contributed by atoms with E-state index >= 15 is 0 Å². The van der Waals surface area contributed by atoms with E-state index in [1.165, 1.54) is 13.5 Å². The molecule has 1 saturated heterocycles. The SMILES string of the molecule is COC(=O)O[C@@H]1C[C@H]2CCC=CC2N1. The summed E-state index contributed by atoms with van der Waals surface area (Å²) in [6.07, 6.45) is 6.75. The Bertz CT molecular complexity index is 252. The fourth-order valence-electron chi connectivity index (χ4n) is 2.15. The van der Waals surface area contributed by atoms with E-state index in [-0.39, 0.29) is 6.23 Å². The van der Waals surface area contributed by atoms with E-state index in [0.717, 1.165) is 12.8 Å². The van der Waals surface area contributed by atoms with Crippen LogP contribution in [0.4, 0.5) is 4.79 Å². The number of hydrogen-bond acceptors (Lipinski definition) is 4. The molecule has 1 N–H and O–H groups in total. The number of ether oxygens (including phenoxy) is 2. The summed E-state index contributed by atoms with van der Waals surface area (Å²) in [5.74, 6) is 0.606. The van der Waals surface area contributed by atoms with Crippen LogP contribution in [0.1, 0.15) is 19.3 Å². The first-order valence-corrected chi connectivity index (χ1v) is 4.97. The third-order valence-electron chi connectivity index (χ3n) is 2.86. The Hall–Kier alpha value is -1.03. The first kappa shape index (κ1) is 9.52. The highest BCUT2D eigenvalue weighted by molar-refractivity contribution is 5.59. The number of carbonyl (C=O) groups excluding carboxylic acids is 1. The molecule has 2 aliphatic rings. The highest BCUT2D eigenvalue weighted by Crippen LogP contribution is 2.29. The summed E-state index contributed by atoms with van der Waals surface area (Å²) in [5, 5.41) is 3.25. The van der Waals surface area contributed by atoms with Crippen LogP contribution in [0.5, 0.6) is 0 Å². The lowest BCUT2D eigenvalue weighted by atomic mass is 9.90. The Kier molecular flexibility index (Phi) is 2.72. The first-order valence-electron chi connectivity index (χ1n) is 4.97. The van der Waals surface area contributed by atoms with E-state index < -0.39 is 6.16 Å². The third-order valence-corrected chi connectivity index (χ3v) is 2.86. The van der Waals surface area contributed by atoms with Crippen molar-refractivity contribution in [2.75, 3.05) is 7.11 Å². The predicted molar refractivity (Wildman–Crippen MR) is 50.7 cm³/mol. The molecule has 1 unspecified atom stereocenters. The van der Waals surface area contributed by atoms with E-state index in [4.69, 9.17) is 4.74 Å². The molecule has 0 radical (unpaired) electrons. The number of fused-ring (bicyclic) bond motifs is 1. The lowest BCUT2D eigenvalue weighted by molar-refractivity contribution is 0.0297. The normalized spacial score (nSPS) is 35.1. The maximum absolute atomic E-state index is 10.9. The maximum Gasteiger partial charge on any atom is 0.509 e. The smallest absolute Gasteiger partial charge is 0.438 e. The van der Waals surface area contributed by atoms with Crippen LogP contribution >= 0.6 is 0 Å². The predicted octanol–water partition coefficient (Wildman–Crippen LogP) is 1.42. The third kappa shape index (κ3) is 1.90. The Morgan fingerprint density at radius 2 is 2.43 bits per heavy atom. The van der Waals surface area contributed by atoms with Gasteiger partial charge in [-0.15, -0.1) is 0 Å². The zero-order chi connectivity index (χ0) is 9.97. The van der Waals surface area contributed by atoms with Gasteiger partial charge in [0.2, 0.25) is 0 Å². The van der Waals surface area contributed by atoms with E-state index in [1.54, 1.807) is 0 Å². The molecule has 0 aromatic carbocycles. The monoisotopic (exact) mass is 197 g/mol. The van der Waals surface area contributed by atoms with Crippen LogP contribution in [0.2, 0.25) is 0 Å². The van der Waals surface area contributed by atoms with Gasteiger partial charge in [-0.3, -0.25) is 5.32 Å². The molecule has 1 heterocycles. The summed E-state index contributed by atoms with van der Waals surface area (Å²) in [5.41, 5.74) is 0. The van der Waals surface area contributed by atoms with Crippen LogP contribution in [-0.4, -0.2) is 25.5 Å². The van der Waals surface area contributed by atoms with Crippen molar-refractivity contribution >= 4 is 6.16 Å². The van der Waals surface area contributed by atoms with Crippen molar-refractivity contribution in [3.05, 3.63) is 12.2 Å². The second-order valence-corrected chi connectivity index (χ2v) is 3.75. The van der Waals surface area contributed by atoms with Gasteiger partial charge in [0.05, 0.1) is 7.11 Å². The fourth-order valence-corrected chi connectivity index (χ4v) is 2.15. The average molecular weight is 197 g/mol. The van der Waals surface area contributed by atoms with Crippen molar-refractivity contribution in [2.24, 2.45) is 5.92 Å². The molecular formula is C10H15NO3. The van der Waals surface area contributed by atoms with Gasteiger partial charge in [-0.25, -0.2) is 4.79 Å². The van der Waals surface area contributed by atoms with Crippen LogP contribution in [0.25, 0.3) is 0 Å². The quantitative estimate of drug-likeness (QED) is 0.510. The van der Waals surface area contributed by atoms with Crippen LogP contribution < -0.4 is 5.32 Å². The molecule has 0 amide bonds. The average Bonchev–Trinajstić information content (AvgIpc) is 2.59. The number of methoxy groups -OCH3 is 1. The lowest BCUT2D eigenvalue weighted by Gasteiger charge is -2.18. The summed E-state index contributed by atoms with van der Waals surface area (Å²) in [6, 6.07) is 0.374. The Morgan fingerprint density at radius 3 is 3.14 bits per heavy atom. The number of hydrogen-bond donors (Lipinski definition) is 1. The van der Waals surface area contributed by atoms with Gasteiger partial charge in [0.1, 0.15) is 0 Å². The number of rotatable bonds is 1. The van der Waals surface area contributed by atoms with Crippen molar-refractivity contribution in [3.63, 3.8) is 0 Å². The van der Waals surface area contributed by atoms with E-state index in [9.17, 15) is 4.79 Å². The molecule has 1 aliphatic carbocycles. The van der Waals surface area contributed by atoms with Crippen molar-refractivity contribution in [2.45, 2.75) is 31.5 Å². The van der Waals surface area contributed by atoms with Gasteiger partial charge >= 0.3 is 6.16 Å². The van der Waals surface area contributed by atoms with E-state index in [1.807, 2.05) is 0 Å². The standard InChI is InChI=1S/C10H15NO3/c1-13-10(12)14-9-6-7-4-2-3-5-8(7)11-9/h3,5,7-9,11H,2,4,6H2,1H3/t7-,8?,9-/m1/s1. The minimum atomic E-state index is -0.606. The molecule has 0 aromatic rings. The largest absolute Gasteiger partial charge is 0.509 e. The molecule has 3 atom stereocenters. The zero-order valence-electron chi connectivity index (χ0n) is 8.23. The first-order chi connectivity index (χ1) is 6.79. The topological polar surface area (TPSA) is 47.6 Å². The van der Waals surface area contributed by atoms with E-state index in [0.29, 0.717) is 12.0 Å². The molecule has 14 heavy (non-hydrogen) atoms.